The second-order valence-electron chi connectivity index (χ2n) is 10.4. The lowest BCUT2D eigenvalue weighted by atomic mass is 9.48. The van der Waals surface area contributed by atoms with Crippen LogP contribution >= 0.6 is 0 Å². The van der Waals surface area contributed by atoms with Gasteiger partial charge in [-0.25, -0.2) is 4.79 Å². The molecule has 0 aromatic heterocycles. The zero-order valence-corrected chi connectivity index (χ0v) is 18.2. The summed E-state index contributed by atoms with van der Waals surface area (Å²) in [6, 6.07) is 0.107. The summed E-state index contributed by atoms with van der Waals surface area (Å²) in [5.41, 5.74) is -0.359. The van der Waals surface area contributed by atoms with Crippen molar-refractivity contribution in [2.24, 2.45) is 23.2 Å². The highest BCUT2D eigenvalue weighted by molar-refractivity contribution is 5.81. The first-order valence-electron chi connectivity index (χ1n) is 11.0. The number of carbonyl (C=O) groups is 3. The molecule has 0 aromatic rings. The summed E-state index contributed by atoms with van der Waals surface area (Å²) >= 11 is 0. The Hall–Kier alpha value is -1.79. The summed E-state index contributed by atoms with van der Waals surface area (Å²) in [4.78, 5) is 35.7. The van der Waals surface area contributed by atoms with Crippen LogP contribution < -0.4 is 10.6 Å². The van der Waals surface area contributed by atoms with Gasteiger partial charge in [0.15, 0.2) is 6.61 Å². The molecule has 4 aliphatic rings. The molecule has 0 heterocycles. The molecule has 1 atom stereocenters. The normalized spacial score (nSPS) is 31.1. The molecule has 2 N–H and O–H groups in total. The standard InChI is InChI=1S/C22H36N2O5/c1-14(22-10-15-7-16(11-22)9-17(8-15)12-22)24-18(25)13-28-19(26)5-6-23-20(27)29-21(2,3)4/h14-17H,5-13H2,1-4H3,(H,23,27)(H,24,25)/t14-,15?,16?,17?,22?/m1/s1. The van der Waals surface area contributed by atoms with E-state index in [1.807, 2.05) is 0 Å². The average Bonchev–Trinajstić information content (AvgIpc) is 2.57. The average molecular weight is 409 g/mol. The zero-order valence-electron chi connectivity index (χ0n) is 18.2. The Labute approximate surface area is 173 Å². The largest absolute Gasteiger partial charge is 0.456 e. The van der Waals surface area contributed by atoms with Crippen LogP contribution in [-0.4, -0.2) is 42.8 Å². The minimum absolute atomic E-state index is 0.00292. The molecule has 0 saturated heterocycles. The molecule has 7 nitrogen and oxygen atoms in total. The Kier molecular flexibility index (Phi) is 6.44. The van der Waals surface area contributed by atoms with Gasteiger partial charge in [0, 0.05) is 12.6 Å². The van der Waals surface area contributed by atoms with Crippen molar-refractivity contribution in [3.63, 3.8) is 0 Å². The summed E-state index contributed by atoms with van der Waals surface area (Å²) in [5.74, 6) is 1.73. The van der Waals surface area contributed by atoms with Crippen LogP contribution in [0.4, 0.5) is 4.79 Å². The van der Waals surface area contributed by atoms with Crippen molar-refractivity contribution in [2.45, 2.75) is 84.3 Å². The monoisotopic (exact) mass is 408 g/mol. The number of carbonyl (C=O) groups excluding carboxylic acids is 3. The van der Waals surface area contributed by atoms with E-state index < -0.39 is 17.7 Å². The molecule has 4 rings (SSSR count). The number of hydrogen-bond acceptors (Lipinski definition) is 5. The van der Waals surface area contributed by atoms with Gasteiger partial charge >= 0.3 is 12.1 Å². The second-order valence-corrected chi connectivity index (χ2v) is 10.4. The highest BCUT2D eigenvalue weighted by Crippen LogP contribution is 2.61. The van der Waals surface area contributed by atoms with Crippen molar-refractivity contribution >= 4 is 18.0 Å². The third-order valence-corrected chi connectivity index (χ3v) is 6.74. The first kappa shape index (κ1) is 21.9. The van der Waals surface area contributed by atoms with Crippen LogP contribution in [-0.2, 0) is 19.1 Å². The van der Waals surface area contributed by atoms with Gasteiger partial charge in [-0.2, -0.15) is 0 Å². The zero-order chi connectivity index (χ0) is 21.2. The van der Waals surface area contributed by atoms with Crippen molar-refractivity contribution in [1.29, 1.82) is 0 Å². The fourth-order valence-corrected chi connectivity index (χ4v) is 5.94. The van der Waals surface area contributed by atoms with Gasteiger partial charge in [-0.3, -0.25) is 9.59 Å². The first-order valence-corrected chi connectivity index (χ1v) is 11.0. The molecule has 29 heavy (non-hydrogen) atoms. The van der Waals surface area contributed by atoms with Gasteiger partial charge in [-0.15, -0.1) is 0 Å². The topological polar surface area (TPSA) is 93.7 Å². The Morgan fingerprint density at radius 3 is 2.10 bits per heavy atom. The summed E-state index contributed by atoms with van der Waals surface area (Å²) in [6.45, 7) is 7.25. The lowest BCUT2D eigenvalue weighted by Gasteiger charge is -2.59. The van der Waals surface area contributed by atoms with Crippen molar-refractivity contribution in [2.75, 3.05) is 13.2 Å². The van der Waals surface area contributed by atoms with Gasteiger partial charge in [0.1, 0.15) is 5.60 Å². The molecule has 4 saturated carbocycles. The van der Waals surface area contributed by atoms with Crippen molar-refractivity contribution in [3.05, 3.63) is 0 Å². The van der Waals surface area contributed by atoms with E-state index in [4.69, 9.17) is 9.47 Å². The summed E-state index contributed by atoms with van der Waals surface area (Å²) in [6.07, 6.45) is 7.19. The highest BCUT2D eigenvalue weighted by Gasteiger charge is 2.53. The molecule has 4 bridgehead atoms. The SMILES string of the molecule is C[C@@H](NC(=O)COC(=O)CCNC(=O)OC(C)(C)C)C12CC3CC(CC(C3)C1)C2. The van der Waals surface area contributed by atoms with E-state index in [9.17, 15) is 14.4 Å². The number of alkyl carbamates (subject to hydrolysis) is 1. The summed E-state index contributed by atoms with van der Waals surface area (Å²) < 4.78 is 10.2. The van der Waals surface area contributed by atoms with Gasteiger partial charge in [0.05, 0.1) is 6.42 Å². The molecule has 0 unspecified atom stereocenters. The molecule has 164 valence electrons. The molecule has 4 aliphatic carbocycles. The first-order chi connectivity index (χ1) is 13.5. The van der Waals surface area contributed by atoms with E-state index in [-0.39, 0.29) is 36.9 Å². The van der Waals surface area contributed by atoms with Crippen LogP contribution in [0.3, 0.4) is 0 Å². The molecule has 4 fully saturated rings. The predicted molar refractivity (Wildman–Crippen MR) is 108 cm³/mol. The Bertz CT molecular complexity index is 604. The molecular weight excluding hydrogens is 372 g/mol. The van der Waals surface area contributed by atoms with E-state index in [1.54, 1.807) is 20.8 Å². The second kappa shape index (κ2) is 8.52. The lowest BCUT2D eigenvalue weighted by molar-refractivity contribution is -0.149. The number of rotatable bonds is 7. The Morgan fingerprint density at radius 2 is 1.59 bits per heavy atom. The fraction of sp³-hybridized carbons (Fsp3) is 0.864. The van der Waals surface area contributed by atoms with Crippen molar-refractivity contribution in [1.82, 2.24) is 10.6 Å². The van der Waals surface area contributed by atoms with Crippen LogP contribution in [0.2, 0.25) is 0 Å². The molecular formula is C22H36N2O5. The fourth-order valence-electron chi connectivity index (χ4n) is 5.94. The molecule has 0 aliphatic heterocycles. The van der Waals surface area contributed by atoms with Crippen molar-refractivity contribution in [3.8, 4) is 0 Å². The van der Waals surface area contributed by atoms with E-state index in [0.29, 0.717) is 0 Å². The van der Waals surface area contributed by atoms with Crippen molar-refractivity contribution < 1.29 is 23.9 Å². The van der Waals surface area contributed by atoms with E-state index in [1.165, 1.54) is 38.5 Å². The van der Waals surface area contributed by atoms with E-state index in [2.05, 4.69) is 17.6 Å². The predicted octanol–water partition coefficient (Wildman–Crippen LogP) is 3.17. The van der Waals surface area contributed by atoms with Gasteiger partial charge in [0.2, 0.25) is 0 Å². The summed E-state index contributed by atoms with van der Waals surface area (Å²) in [5, 5.41) is 5.59. The molecule has 0 spiro atoms. The van der Waals surface area contributed by atoms with Gasteiger partial charge in [-0.05, 0) is 89.4 Å². The number of esters is 1. The minimum Gasteiger partial charge on any atom is -0.456 e. The molecule has 2 amide bonds. The minimum atomic E-state index is -0.587. The number of nitrogens with one attached hydrogen (secondary N) is 2. The lowest BCUT2D eigenvalue weighted by Crippen LogP contribution is -2.56. The summed E-state index contributed by atoms with van der Waals surface area (Å²) in [7, 11) is 0. The molecule has 7 heteroatoms. The van der Waals surface area contributed by atoms with Gasteiger partial charge in [0.25, 0.3) is 5.91 Å². The maximum Gasteiger partial charge on any atom is 0.407 e. The number of ether oxygens (including phenoxy) is 2. The Balaban J connectivity index is 1.34. The number of hydrogen-bond donors (Lipinski definition) is 2. The maximum absolute atomic E-state index is 12.3. The third-order valence-electron chi connectivity index (χ3n) is 6.74. The van der Waals surface area contributed by atoms with Gasteiger partial charge < -0.3 is 20.1 Å². The molecule has 0 radical (unpaired) electrons. The van der Waals surface area contributed by atoms with E-state index >= 15 is 0 Å². The quantitative estimate of drug-likeness (QED) is 0.631. The maximum atomic E-state index is 12.3. The highest BCUT2D eigenvalue weighted by atomic mass is 16.6. The van der Waals surface area contributed by atoms with Crippen LogP contribution in [0.25, 0.3) is 0 Å². The number of amides is 2. The van der Waals surface area contributed by atoms with Crippen LogP contribution in [0.15, 0.2) is 0 Å². The van der Waals surface area contributed by atoms with Crippen LogP contribution in [0.1, 0.15) is 72.6 Å². The van der Waals surface area contributed by atoms with Crippen LogP contribution in [0.5, 0.6) is 0 Å². The van der Waals surface area contributed by atoms with Crippen LogP contribution in [0, 0.1) is 23.2 Å². The third kappa shape index (κ3) is 5.86. The molecule has 0 aromatic carbocycles. The van der Waals surface area contributed by atoms with E-state index in [0.717, 1.165) is 17.8 Å². The smallest absolute Gasteiger partial charge is 0.407 e. The Morgan fingerprint density at radius 1 is 1.03 bits per heavy atom. The van der Waals surface area contributed by atoms with Gasteiger partial charge in [-0.1, -0.05) is 0 Å².